The van der Waals surface area contributed by atoms with E-state index in [0.29, 0.717) is 12.3 Å². The average Bonchev–Trinajstić information content (AvgIpc) is 2.70. The zero-order valence-corrected chi connectivity index (χ0v) is 20.4. The second kappa shape index (κ2) is 11.9. The number of ether oxygens (including phenoxy) is 3. The molecule has 33 heavy (non-hydrogen) atoms. The molecule has 184 valence electrons. The summed E-state index contributed by atoms with van der Waals surface area (Å²) < 4.78 is 16.0. The molecule has 0 atom stereocenters. The second-order valence-electron chi connectivity index (χ2n) is 9.54. The molecule has 1 heterocycles. The van der Waals surface area contributed by atoms with Crippen molar-refractivity contribution >= 4 is 24.1 Å². The molecule has 0 bridgehead atoms. The van der Waals surface area contributed by atoms with Crippen LogP contribution in [0.1, 0.15) is 47.1 Å². The smallest absolute Gasteiger partial charge is 0.434 e. The summed E-state index contributed by atoms with van der Waals surface area (Å²) in [5.41, 5.74) is 2.17. The number of hydrazine groups is 1. The molecule has 0 radical (unpaired) electrons. The van der Waals surface area contributed by atoms with Crippen LogP contribution in [0.5, 0.6) is 0 Å². The minimum absolute atomic E-state index is 0.403. The number of morpholine rings is 1. The first-order chi connectivity index (χ1) is 15.4. The normalized spacial score (nSPS) is 15.2. The Hall–Kier alpha value is -2.85. The highest BCUT2D eigenvalue weighted by Gasteiger charge is 2.27. The molecule has 2 amide bonds. The molecule has 1 aliphatic heterocycles. The number of nitrogens with one attached hydrogen (secondary N) is 1. The van der Waals surface area contributed by atoms with Crippen molar-refractivity contribution in [2.24, 2.45) is 5.16 Å². The van der Waals surface area contributed by atoms with Crippen LogP contribution in [-0.4, -0.2) is 74.0 Å². The quantitative estimate of drug-likeness (QED) is 0.390. The molecule has 1 aromatic carbocycles. The number of hydrogen-bond acceptors (Lipinski definition) is 8. The van der Waals surface area contributed by atoms with Crippen LogP contribution in [-0.2, 0) is 19.0 Å². The first-order valence-electron chi connectivity index (χ1n) is 11.0. The molecule has 1 saturated heterocycles. The molecule has 10 nitrogen and oxygen atoms in total. The van der Waals surface area contributed by atoms with Gasteiger partial charge in [-0.25, -0.2) is 15.0 Å². The van der Waals surface area contributed by atoms with Gasteiger partial charge in [0.2, 0.25) is 0 Å². The Bertz CT molecular complexity index is 793. The molecule has 0 unspecified atom stereocenters. The van der Waals surface area contributed by atoms with E-state index in [9.17, 15) is 9.59 Å². The Morgan fingerprint density at radius 3 is 2.24 bits per heavy atom. The SMILES string of the molecule is CC(C)(C)OC(=O)NN(C(=O)OC(C)(C)C)c1ccc(/C=N/OCCN2CCOCC2)cc1. The van der Waals surface area contributed by atoms with Gasteiger partial charge in [-0.3, -0.25) is 4.90 Å². The van der Waals surface area contributed by atoms with Gasteiger partial charge in [-0.1, -0.05) is 17.3 Å². The molecule has 2 rings (SSSR count). The molecule has 0 aliphatic carbocycles. The third-order valence-electron chi connectivity index (χ3n) is 4.21. The maximum absolute atomic E-state index is 12.7. The fourth-order valence-corrected chi connectivity index (χ4v) is 2.77. The first-order valence-corrected chi connectivity index (χ1v) is 11.0. The van der Waals surface area contributed by atoms with Crippen LogP contribution in [0, 0.1) is 0 Å². The van der Waals surface area contributed by atoms with Crippen molar-refractivity contribution in [3.63, 3.8) is 0 Å². The van der Waals surface area contributed by atoms with Crippen LogP contribution in [0.4, 0.5) is 15.3 Å². The predicted octanol–water partition coefficient (Wildman–Crippen LogP) is 3.55. The van der Waals surface area contributed by atoms with Gasteiger partial charge in [-0.15, -0.1) is 0 Å². The number of carbonyl (C=O) groups excluding carboxylic acids is 2. The summed E-state index contributed by atoms with van der Waals surface area (Å²) in [5, 5.41) is 5.01. The van der Waals surface area contributed by atoms with E-state index in [1.807, 2.05) is 0 Å². The van der Waals surface area contributed by atoms with Crippen LogP contribution in [0.25, 0.3) is 0 Å². The van der Waals surface area contributed by atoms with Gasteiger partial charge in [0.15, 0.2) is 0 Å². The minimum Gasteiger partial charge on any atom is -0.443 e. The molecular weight excluding hydrogens is 428 g/mol. The first kappa shape index (κ1) is 26.4. The maximum atomic E-state index is 12.7. The van der Waals surface area contributed by atoms with Gasteiger partial charge in [-0.05, 0) is 59.2 Å². The number of anilines is 1. The lowest BCUT2D eigenvalue weighted by Gasteiger charge is -2.28. The fraction of sp³-hybridized carbons (Fsp3) is 0.609. The van der Waals surface area contributed by atoms with Crippen molar-refractivity contribution in [1.82, 2.24) is 10.3 Å². The maximum Gasteiger partial charge on any atom is 0.434 e. The molecule has 0 saturated carbocycles. The van der Waals surface area contributed by atoms with E-state index in [1.54, 1.807) is 72.0 Å². The van der Waals surface area contributed by atoms with E-state index in [1.165, 1.54) is 0 Å². The molecule has 1 N–H and O–H groups in total. The summed E-state index contributed by atoms with van der Waals surface area (Å²) in [4.78, 5) is 32.6. The van der Waals surface area contributed by atoms with Gasteiger partial charge in [-0.2, -0.15) is 5.01 Å². The molecular formula is C23H36N4O6. The Morgan fingerprint density at radius 1 is 1.06 bits per heavy atom. The summed E-state index contributed by atoms with van der Waals surface area (Å²) >= 11 is 0. The van der Waals surface area contributed by atoms with Crippen LogP contribution in [0.15, 0.2) is 29.4 Å². The molecule has 0 aromatic heterocycles. The predicted molar refractivity (Wildman–Crippen MR) is 125 cm³/mol. The average molecular weight is 465 g/mol. The largest absolute Gasteiger partial charge is 0.443 e. The van der Waals surface area contributed by atoms with Crippen LogP contribution in [0.2, 0.25) is 0 Å². The van der Waals surface area contributed by atoms with E-state index >= 15 is 0 Å². The van der Waals surface area contributed by atoms with Gasteiger partial charge in [0.1, 0.15) is 17.8 Å². The summed E-state index contributed by atoms with van der Waals surface area (Å²) in [6.45, 7) is 15.0. The Morgan fingerprint density at radius 2 is 1.67 bits per heavy atom. The van der Waals surface area contributed by atoms with Crippen molar-refractivity contribution in [2.75, 3.05) is 44.5 Å². The van der Waals surface area contributed by atoms with E-state index in [2.05, 4.69) is 15.5 Å². The fourth-order valence-electron chi connectivity index (χ4n) is 2.77. The zero-order valence-electron chi connectivity index (χ0n) is 20.4. The highest BCUT2D eigenvalue weighted by molar-refractivity contribution is 5.91. The number of oxime groups is 1. The number of carbonyl (C=O) groups is 2. The van der Waals surface area contributed by atoms with Gasteiger partial charge < -0.3 is 19.0 Å². The minimum atomic E-state index is -0.771. The Labute approximate surface area is 195 Å². The standard InChI is InChI=1S/C23H36N4O6/c1-22(2,3)32-20(28)25-27(21(29)33-23(4,5)6)19-9-7-18(8-10-19)17-24-31-16-13-26-11-14-30-15-12-26/h7-10,17H,11-16H2,1-6H3,(H,25,28)/b24-17+. The highest BCUT2D eigenvalue weighted by Crippen LogP contribution is 2.18. The lowest BCUT2D eigenvalue weighted by molar-refractivity contribution is 0.0214. The van der Waals surface area contributed by atoms with Crippen molar-refractivity contribution < 1.29 is 28.6 Å². The second-order valence-corrected chi connectivity index (χ2v) is 9.54. The van der Waals surface area contributed by atoms with Crippen LogP contribution < -0.4 is 10.4 Å². The third-order valence-corrected chi connectivity index (χ3v) is 4.21. The van der Waals surface area contributed by atoms with Crippen molar-refractivity contribution in [1.29, 1.82) is 0 Å². The number of rotatable bonds is 6. The zero-order chi connectivity index (χ0) is 24.5. The lowest BCUT2D eigenvalue weighted by Crippen LogP contribution is -2.50. The van der Waals surface area contributed by atoms with Gasteiger partial charge in [0.25, 0.3) is 0 Å². The topological polar surface area (TPSA) is 102 Å². The molecule has 1 fully saturated rings. The van der Waals surface area contributed by atoms with Crippen molar-refractivity contribution in [3.05, 3.63) is 29.8 Å². The number of benzene rings is 1. The molecule has 0 spiro atoms. The summed E-state index contributed by atoms with van der Waals surface area (Å²) in [6, 6.07) is 6.82. The van der Waals surface area contributed by atoms with Gasteiger partial charge in [0.05, 0.1) is 25.1 Å². The van der Waals surface area contributed by atoms with E-state index in [4.69, 9.17) is 19.0 Å². The molecule has 1 aliphatic rings. The number of nitrogens with zero attached hydrogens (tertiary/aromatic N) is 3. The third kappa shape index (κ3) is 10.5. The summed E-state index contributed by atoms with van der Waals surface area (Å²) in [6.07, 6.45) is 0.0799. The van der Waals surface area contributed by atoms with Crippen LogP contribution >= 0.6 is 0 Å². The monoisotopic (exact) mass is 464 g/mol. The molecule has 1 aromatic rings. The Balaban J connectivity index is 1.98. The van der Waals surface area contributed by atoms with E-state index < -0.39 is 23.4 Å². The van der Waals surface area contributed by atoms with E-state index in [0.717, 1.165) is 43.4 Å². The number of amides is 2. The Kier molecular flexibility index (Phi) is 9.48. The highest BCUT2D eigenvalue weighted by atomic mass is 16.6. The molecule has 10 heteroatoms. The van der Waals surface area contributed by atoms with Gasteiger partial charge >= 0.3 is 12.2 Å². The summed E-state index contributed by atoms with van der Waals surface area (Å²) in [5.74, 6) is 0. The lowest BCUT2D eigenvalue weighted by atomic mass is 10.2. The van der Waals surface area contributed by atoms with Crippen LogP contribution in [0.3, 0.4) is 0 Å². The summed E-state index contributed by atoms with van der Waals surface area (Å²) in [7, 11) is 0. The number of hydrogen-bond donors (Lipinski definition) is 1. The van der Waals surface area contributed by atoms with Crippen molar-refractivity contribution in [3.8, 4) is 0 Å². The van der Waals surface area contributed by atoms with Crippen molar-refractivity contribution in [2.45, 2.75) is 52.7 Å². The van der Waals surface area contributed by atoms with Gasteiger partial charge in [0, 0.05) is 19.6 Å². The van der Waals surface area contributed by atoms with E-state index in [-0.39, 0.29) is 0 Å².